The van der Waals surface area contributed by atoms with E-state index in [1.807, 2.05) is 40.9 Å². The molecule has 7 nitrogen and oxygen atoms in total. The number of pyridine rings is 1. The highest BCUT2D eigenvalue weighted by Crippen LogP contribution is 2.48. The Labute approximate surface area is 195 Å². The van der Waals surface area contributed by atoms with Gasteiger partial charge in [0.15, 0.2) is 11.6 Å². The van der Waals surface area contributed by atoms with Crippen LogP contribution in [0.15, 0.2) is 61.3 Å². The summed E-state index contributed by atoms with van der Waals surface area (Å²) in [6, 6.07) is 11.9. The number of amides is 1. The first-order valence-corrected chi connectivity index (χ1v) is 11.5. The predicted molar refractivity (Wildman–Crippen MR) is 124 cm³/mol. The molecule has 2 aliphatic carbocycles. The van der Waals surface area contributed by atoms with Crippen molar-refractivity contribution in [3.8, 4) is 5.75 Å². The summed E-state index contributed by atoms with van der Waals surface area (Å²) < 4.78 is 7.98. The van der Waals surface area contributed by atoms with Gasteiger partial charge in [-0.3, -0.25) is 4.79 Å². The van der Waals surface area contributed by atoms with Crippen molar-refractivity contribution in [2.45, 2.75) is 37.7 Å². The summed E-state index contributed by atoms with van der Waals surface area (Å²) in [6.45, 7) is 0.255. The van der Waals surface area contributed by atoms with Gasteiger partial charge < -0.3 is 14.5 Å². The fraction of sp³-hybridized carbons (Fsp3) is 0.280. The van der Waals surface area contributed by atoms with E-state index < -0.39 is 0 Å². The van der Waals surface area contributed by atoms with Gasteiger partial charge in [0.25, 0.3) is 0 Å². The lowest BCUT2D eigenvalue weighted by atomic mass is 10.1. The first kappa shape index (κ1) is 20.2. The van der Waals surface area contributed by atoms with Gasteiger partial charge in [-0.1, -0.05) is 29.8 Å². The first-order chi connectivity index (χ1) is 16.1. The molecule has 3 aromatic heterocycles. The summed E-state index contributed by atoms with van der Waals surface area (Å²) in [5.74, 6) is 1.46. The number of halogens is 1. The van der Waals surface area contributed by atoms with E-state index in [2.05, 4.69) is 32.5 Å². The molecule has 0 spiro atoms. The van der Waals surface area contributed by atoms with Crippen LogP contribution in [0.4, 0.5) is 5.82 Å². The molecular formula is C25H22ClN5O2. The molecule has 1 N–H and O–H groups in total. The zero-order valence-electron chi connectivity index (χ0n) is 17.8. The zero-order chi connectivity index (χ0) is 22.4. The SMILES string of the molecule is O=C(Nc1ncncc1OCc1cn2cc(C3CC3)ccc2n1)C1CC1c1cccc(Cl)c1. The van der Waals surface area contributed by atoms with E-state index in [4.69, 9.17) is 16.3 Å². The second-order valence-electron chi connectivity index (χ2n) is 8.75. The standard InChI is InChI=1S/C25H22ClN5O2/c26-18-3-1-2-16(8-18)20-9-21(20)25(32)30-24-22(10-27-14-28-24)33-13-19-12-31-11-17(15-4-5-15)6-7-23(31)29-19/h1-3,6-8,10-12,14-15,20-21H,4-5,9,13H2,(H,27,28,30,32). The Kier molecular flexibility index (Phi) is 4.99. The molecule has 2 saturated carbocycles. The van der Waals surface area contributed by atoms with Crippen LogP contribution in [0, 0.1) is 5.92 Å². The minimum Gasteiger partial charge on any atom is -0.482 e. The maximum atomic E-state index is 12.8. The van der Waals surface area contributed by atoms with E-state index in [9.17, 15) is 4.79 Å². The van der Waals surface area contributed by atoms with Gasteiger partial charge >= 0.3 is 0 Å². The quantitative estimate of drug-likeness (QED) is 0.421. The van der Waals surface area contributed by atoms with Crippen LogP contribution in [-0.2, 0) is 11.4 Å². The fourth-order valence-electron chi connectivity index (χ4n) is 4.26. The Morgan fingerprint density at radius 1 is 1.18 bits per heavy atom. The van der Waals surface area contributed by atoms with Crippen molar-refractivity contribution < 1.29 is 9.53 Å². The van der Waals surface area contributed by atoms with Gasteiger partial charge in [0.05, 0.1) is 11.9 Å². The van der Waals surface area contributed by atoms with Crippen molar-refractivity contribution in [3.63, 3.8) is 0 Å². The number of hydrogen-bond donors (Lipinski definition) is 1. The lowest BCUT2D eigenvalue weighted by Gasteiger charge is -2.10. The number of nitrogens with one attached hydrogen (secondary N) is 1. The van der Waals surface area contributed by atoms with Crippen LogP contribution in [0.1, 0.15) is 47.9 Å². The van der Waals surface area contributed by atoms with Crippen LogP contribution in [-0.4, -0.2) is 25.3 Å². The molecule has 8 heteroatoms. The van der Waals surface area contributed by atoms with E-state index in [0.29, 0.717) is 22.5 Å². The van der Waals surface area contributed by atoms with Gasteiger partial charge in [-0.05, 0) is 60.4 Å². The van der Waals surface area contributed by atoms with Crippen molar-refractivity contribution in [1.82, 2.24) is 19.4 Å². The predicted octanol–water partition coefficient (Wildman–Crippen LogP) is 4.98. The molecule has 0 radical (unpaired) electrons. The summed E-state index contributed by atoms with van der Waals surface area (Å²) in [4.78, 5) is 25.7. The summed E-state index contributed by atoms with van der Waals surface area (Å²) in [6.07, 6.45) is 10.4. The van der Waals surface area contributed by atoms with Gasteiger partial charge in [0, 0.05) is 23.3 Å². The van der Waals surface area contributed by atoms with E-state index in [1.165, 1.54) is 24.7 Å². The third-order valence-electron chi connectivity index (χ3n) is 6.27. The Morgan fingerprint density at radius 3 is 2.94 bits per heavy atom. The highest BCUT2D eigenvalue weighted by Gasteiger charge is 2.44. The Balaban J connectivity index is 1.12. The number of rotatable bonds is 7. The summed E-state index contributed by atoms with van der Waals surface area (Å²) >= 11 is 6.09. The van der Waals surface area contributed by atoms with Crippen molar-refractivity contribution in [2.75, 3.05) is 5.32 Å². The number of aromatic nitrogens is 4. The molecule has 0 saturated heterocycles. The number of hydrogen-bond acceptors (Lipinski definition) is 5. The summed E-state index contributed by atoms with van der Waals surface area (Å²) in [7, 11) is 0. The maximum absolute atomic E-state index is 12.8. The molecule has 2 aliphatic rings. The number of imidazole rings is 1. The van der Waals surface area contributed by atoms with Gasteiger partial charge in [-0.15, -0.1) is 0 Å². The van der Waals surface area contributed by atoms with Crippen LogP contribution in [0.2, 0.25) is 5.02 Å². The molecule has 0 aliphatic heterocycles. The number of carbonyl (C=O) groups is 1. The van der Waals surface area contributed by atoms with Crippen molar-refractivity contribution in [1.29, 1.82) is 0 Å². The van der Waals surface area contributed by atoms with E-state index >= 15 is 0 Å². The lowest BCUT2D eigenvalue weighted by molar-refractivity contribution is -0.117. The maximum Gasteiger partial charge on any atom is 0.229 e. The van der Waals surface area contributed by atoms with Crippen molar-refractivity contribution in [3.05, 3.63) is 83.2 Å². The number of nitrogens with zero attached hydrogens (tertiary/aromatic N) is 4. The highest BCUT2D eigenvalue weighted by molar-refractivity contribution is 6.30. The molecule has 1 amide bonds. The number of anilines is 1. The molecule has 4 aromatic rings. The third-order valence-corrected chi connectivity index (χ3v) is 6.51. The lowest BCUT2D eigenvalue weighted by Crippen LogP contribution is -2.16. The molecule has 3 heterocycles. The largest absolute Gasteiger partial charge is 0.482 e. The number of fused-ring (bicyclic) bond motifs is 1. The molecule has 33 heavy (non-hydrogen) atoms. The Bertz CT molecular complexity index is 1350. The highest BCUT2D eigenvalue weighted by atomic mass is 35.5. The van der Waals surface area contributed by atoms with Gasteiger partial charge in [0.2, 0.25) is 5.91 Å². The minimum absolute atomic E-state index is 0.0798. The van der Waals surface area contributed by atoms with E-state index in [0.717, 1.165) is 23.3 Å². The Hall–Kier alpha value is -3.45. The zero-order valence-corrected chi connectivity index (χ0v) is 18.6. The topological polar surface area (TPSA) is 81.4 Å². The molecule has 0 bridgehead atoms. The average Bonchev–Trinajstić information content (AvgIpc) is 3.74. The third kappa shape index (κ3) is 4.28. The van der Waals surface area contributed by atoms with Gasteiger partial charge in [-0.2, -0.15) is 0 Å². The van der Waals surface area contributed by atoms with Gasteiger partial charge in [0.1, 0.15) is 18.6 Å². The van der Waals surface area contributed by atoms with E-state index in [1.54, 1.807) is 6.20 Å². The van der Waals surface area contributed by atoms with Crippen LogP contribution in [0.5, 0.6) is 5.75 Å². The normalized spacial score (nSPS) is 19.4. The molecule has 2 atom stereocenters. The number of benzene rings is 1. The molecular weight excluding hydrogens is 438 g/mol. The fourth-order valence-corrected chi connectivity index (χ4v) is 4.46. The molecule has 6 rings (SSSR count). The van der Waals surface area contributed by atoms with Gasteiger partial charge in [-0.25, -0.2) is 15.0 Å². The van der Waals surface area contributed by atoms with E-state index in [-0.39, 0.29) is 24.3 Å². The van der Waals surface area contributed by atoms with Crippen molar-refractivity contribution in [2.24, 2.45) is 5.92 Å². The number of carbonyl (C=O) groups excluding carboxylic acids is 1. The molecule has 2 unspecified atom stereocenters. The minimum atomic E-state index is -0.106. The van der Waals surface area contributed by atoms with Crippen LogP contribution in [0.25, 0.3) is 5.65 Å². The molecule has 1 aromatic carbocycles. The Morgan fingerprint density at radius 2 is 2.09 bits per heavy atom. The summed E-state index contributed by atoms with van der Waals surface area (Å²) in [5, 5.41) is 3.58. The second kappa shape index (κ2) is 8.15. The smallest absolute Gasteiger partial charge is 0.229 e. The van der Waals surface area contributed by atoms with Crippen LogP contribution >= 0.6 is 11.6 Å². The first-order valence-electron chi connectivity index (χ1n) is 11.1. The van der Waals surface area contributed by atoms with Crippen LogP contribution < -0.4 is 10.1 Å². The second-order valence-corrected chi connectivity index (χ2v) is 9.19. The monoisotopic (exact) mass is 459 g/mol. The number of ether oxygens (including phenoxy) is 1. The average molecular weight is 460 g/mol. The van der Waals surface area contributed by atoms with Crippen LogP contribution in [0.3, 0.4) is 0 Å². The van der Waals surface area contributed by atoms with Crippen molar-refractivity contribution >= 4 is 29.0 Å². The summed E-state index contributed by atoms with van der Waals surface area (Å²) in [5.41, 5.74) is 4.12. The molecule has 166 valence electrons. The molecule has 2 fully saturated rings.